The fourth-order valence-corrected chi connectivity index (χ4v) is 8.01. The number of pyridine rings is 2. The van der Waals surface area contributed by atoms with Crippen molar-refractivity contribution in [3.63, 3.8) is 0 Å². The van der Waals surface area contributed by atoms with E-state index in [9.17, 15) is 9.50 Å². The summed E-state index contributed by atoms with van der Waals surface area (Å²) in [6.45, 7) is 5.53. The predicted molar refractivity (Wildman–Crippen MR) is 180 cm³/mol. The van der Waals surface area contributed by atoms with Crippen molar-refractivity contribution in [3.05, 3.63) is 65.4 Å². The minimum Gasteiger partial charge on any atom is -0.508 e. The highest BCUT2D eigenvalue weighted by Gasteiger charge is 2.49. The summed E-state index contributed by atoms with van der Waals surface area (Å²) in [5, 5.41) is 11.9. The summed E-state index contributed by atoms with van der Waals surface area (Å²) in [4.78, 5) is 22.4. The van der Waals surface area contributed by atoms with Gasteiger partial charge in [-0.1, -0.05) is 19.1 Å². The van der Waals surface area contributed by atoms with Crippen molar-refractivity contribution < 1.29 is 27.8 Å². The first-order chi connectivity index (χ1) is 23.7. The average Bonchev–Trinajstić information content (AvgIpc) is 3.55. The van der Waals surface area contributed by atoms with Crippen molar-refractivity contribution in [3.8, 4) is 28.9 Å². The minimum atomic E-state index is -0.951. The van der Waals surface area contributed by atoms with Gasteiger partial charge in [-0.05, 0) is 73.3 Å². The maximum atomic E-state index is 17.2. The van der Waals surface area contributed by atoms with Gasteiger partial charge in [0.25, 0.3) is 0 Å². The highest BCUT2D eigenvalue weighted by molar-refractivity contribution is 6.03. The van der Waals surface area contributed by atoms with Crippen LogP contribution in [0.5, 0.6) is 17.6 Å². The van der Waals surface area contributed by atoms with E-state index in [0.717, 1.165) is 24.9 Å². The molecule has 0 bridgehead atoms. The van der Waals surface area contributed by atoms with Gasteiger partial charge in [0.05, 0.1) is 18.1 Å². The molecule has 3 aromatic heterocycles. The van der Waals surface area contributed by atoms with E-state index in [1.165, 1.54) is 18.2 Å². The molecule has 254 valence electrons. The smallest absolute Gasteiger partial charge is 0.319 e. The second kappa shape index (κ2) is 11.9. The fraction of sp³-hybridized carbons (Fsp3) is 0.389. The van der Waals surface area contributed by atoms with Crippen LogP contribution in [-0.2, 0) is 6.42 Å². The molecule has 3 N–H and O–H groups in total. The zero-order chi connectivity index (χ0) is 34.0. The highest BCUT2D eigenvalue weighted by atomic mass is 19.1. The number of phenolic OH excluding ortho intramolecular Hbond substituents is 1. The third kappa shape index (κ3) is 5.13. The normalized spacial score (nSPS) is 21.2. The van der Waals surface area contributed by atoms with Crippen LogP contribution in [0.4, 0.5) is 24.8 Å². The number of alkyl halides is 1. The maximum absolute atomic E-state index is 17.2. The quantitative estimate of drug-likeness (QED) is 0.204. The maximum Gasteiger partial charge on any atom is 0.319 e. The molecule has 49 heavy (non-hydrogen) atoms. The van der Waals surface area contributed by atoms with Crippen LogP contribution in [0, 0.1) is 11.6 Å². The van der Waals surface area contributed by atoms with E-state index in [-0.39, 0.29) is 59.1 Å². The number of nitrogens with two attached hydrogens (primary N) is 1. The number of aromatic hydroxyl groups is 1. The second-order valence-electron chi connectivity index (χ2n) is 13.2. The van der Waals surface area contributed by atoms with E-state index < -0.39 is 23.3 Å². The van der Waals surface area contributed by atoms with Gasteiger partial charge in [0.15, 0.2) is 5.82 Å². The molecule has 2 saturated heterocycles. The Bertz CT molecular complexity index is 2120. The van der Waals surface area contributed by atoms with Crippen molar-refractivity contribution in [2.75, 3.05) is 43.5 Å². The molecule has 3 aliphatic rings. The summed E-state index contributed by atoms with van der Waals surface area (Å²) in [5.41, 5.74) is 6.84. The number of hydrogen-bond donors (Lipinski definition) is 2. The molecule has 0 saturated carbocycles. The van der Waals surface area contributed by atoms with Crippen LogP contribution in [0.15, 0.2) is 42.6 Å². The van der Waals surface area contributed by atoms with Gasteiger partial charge in [0.1, 0.15) is 59.2 Å². The van der Waals surface area contributed by atoms with Gasteiger partial charge in [-0.2, -0.15) is 9.97 Å². The van der Waals surface area contributed by atoms with Gasteiger partial charge in [-0.3, -0.25) is 4.90 Å². The lowest BCUT2D eigenvalue weighted by molar-refractivity contribution is 0.107. The Labute approximate surface area is 280 Å². The number of anilines is 2. The summed E-state index contributed by atoms with van der Waals surface area (Å²) in [6.07, 6.45) is 3.04. The van der Waals surface area contributed by atoms with E-state index in [4.69, 9.17) is 20.2 Å². The number of hydrogen-bond acceptors (Lipinski definition) is 10. The zero-order valence-electron chi connectivity index (χ0n) is 27.2. The highest BCUT2D eigenvalue weighted by Crippen LogP contribution is 2.45. The number of benzene rings is 2. The van der Waals surface area contributed by atoms with E-state index >= 15 is 8.78 Å². The Hall–Kier alpha value is -4.91. The van der Waals surface area contributed by atoms with Crippen LogP contribution in [0.1, 0.15) is 50.3 Å². The summed E-state index contributed by atoms with van der Waals surface area (Å²) < 4.78 is 59.3. The molecule has 0 radical (unpaired) electrons. The van der Waals surface area contributed by atoms with Crippen molar-refractivity contribution >= 4 is 33.3 Å². The summed E-state index contributed by atoms with van der Waals surface area (Å²) in [5.74, 6) is -0.621. The molecule has 0 amide bonds. The van der Waals surface area contributed by atoms with Gasteiger partial charge < -0.3 is 25.2 Å². The summed E-state index contributed by atoms with van der Waals surface area (Å²) in [6, 6.07) is 8.98. The zero-order valence-corrected chi connectivity index (χ0v) is 27.2. The summed E-state index contributed by atoms with van der Waals surface area (Å²) >= 11 is 0. The van der Waals surface area contributed by atoms with Crippen molar-refractivity contribution in [2.24, 2.45) is 0 Å². The number of nitrogens with zero attached hydrogens (tertiary/aromatic N) is 6. The number of nitrogen functional groups attached to an aromatic ring is 1. The molecule has 3 atom stereocenters. The molecule has 8 rings (SSSR count). The van der Waals surface area contributed by atoms with Crippen molar-refractivity contribution in [1.82, 2.24) is 24.8 Å². The lowest BCUT2D eigenvalue weighted by Gasteiger charge is -2.32. The van der Waals surface area contributed by atoms with Gasteiger partial charge in [0, 0.05) is 30.3 Å². The number of aromatic nitrogens is 4. The van der Waals surface area contributed by atoms with E-state index in [1.54, 1.807) is 18.3 Å². The minimum absolute atomic E-state index is 0.0765. The number of ether oxygens (including phenoxy) is 2. The molecule has 13 heteroatoms. The molecule has 2 aromatic carbocycles. The van der Waals surface area contributed by atoms with Crippen molar-refractivity contribution in [1.29, 1.82) is 0 Å². The SMILES string of the molecule is CCc1c(F)ccc2cc(O)cc(-c3nc4c5c(nc(OC[C@@]67CCCN6C[C@H](F)C7)nc5c3F)N([C@H](C)c3cccnc3N)CCO4)c12. The Balaban J connectivity index is 1.34. The van der Waals surface area contributed by atoms with Gasteiger partial charge in [0.2, 0.25) is 5.88 Å². The Morgan fingerprint density at radius 1 is 1.14 bits per heavy atom. The van der Waals surface area contributed by atoms with Crippen LogP contribution in [-0.4, -0.2) is 74.5 Å². The van der Waals surface area contributed by atoms with Gasteiger partial charge in [-0.15, -0.1) is 0 Å². The Morgan fingerprint density at radius 3 is 2.82 bits per heavy atom. The van der Waals surface area contributed by atoms with Crippen LogP contribution in [0.2, 0.25) is 0 Å². The first-order valence-electron chi connectivity index (χ1n) is 16.6. The van der Waals surface area contributed by atoms with E-state index in [1.807, 2.05) is 24.8 Å². The van der Waals surface area contributed by atoms with Gasteiger partial charge >= 0.3 is 6.01 Å². The molecule has 0 spiro atoms. The third-order valence-electron chi connectivity index (χ3n) is 10.3. The van der Waals surface area contributed by atoms with Crippen LogP contribution in [0.3, 0.4) is 0 Å². The number of rotatable bonds is 7. The molecule has 0 aliphatic carbocycles. The fourth-order valence-electron chi connectivity index (χ4n) is 8.01. The first kappa shape index (κ1) is 31.4. The standard InChI is InChI=1S/C36H36F3N7O3/c1-3-23-26(38)8-7-20-14-22(47)15-25(27(20)23)30-29(39)31-28-33(44-35(43-31)49-18-36-9-5-11-45(36)17-21(37)16-36)46(12-13-48-34(28)42-30)19(2)24-6-4-10-41-32(24)40/h4,6-8,10,14-15,19,21,47H,3,5,9,11-13,16-18H2,1-2H3,(H2,40,41)/t19-,21-,36+/m1/s1. The number of aryl methyl sites for hydroxylation is 1. The Morgan fingerprint density at radius 2 is 2.00 bits per heavy atom. The molecular formula is C36H36F3N7O3. The molecule has 2 fully saturated rings. The molecule has 10 nitrogen and oxygen atoms in total. The van der Waals surface area contributed by atoms with Crippen LogP contribution >= 0.6 is 0 Å². The topological polar surface area (TPSA) is 123 Å². The molecule has 6 heterocycles. The number of halogens is 3. The monoisotopic (exact) mass is 671 g/mol. The number of phenols is 1. The molecular weight excluding hydrogens is 635 g/mol. The first-order valence-corrected chi connectivity index (χ1v) is 16.6. The predicted octanol–water partition coefficient (Wildman–Crippen LogP) is 6.28. The van der Waals surface area contributed by atoms with Crippen molar-refractivity contribution in [2.45, 2.75) is 57.3 Å². The second-order valence-corrected chi connectivity index (χ2v) is 13.2. The average molecular weight is 672 g/mol. The molecule has 5 aromatic rings. The van der Waals surface area contributed by atoms with Crippen LogP contribution < -0.4 is 20.1 Å². The van der Waals surface area contributed by atoms with Gasteiger partial charge in [-0.25, -0.2) is 23.1 Å². The number of fused-ring (bicyclic) bond motifs is 2. The Kier molecular flexibility index (Phi) is 7.62. The summed E-state index contributed by atoms with van der Waals surface area (Å²) in [7, 11) is 0. The van der Waals surface area contributed by atoms with E-state index in [2.05, 4.69) is 19.9 Å². The lowest BCUT2D eigenvalue weighted by Crippen LogP contribution is -2.43. The third-order valence-corrected chi connectivity index (χ3v) is 10.3. The largest absolute Gasteiger partial charge is 0.508 e. The lowest BCUT2D eigenvalue weighted by atomic mass is 9.94. The molecule has 0 unspecified atom stereocenters. The van der Waals surface area contributed by atoms with E-state index in [0.29, 0.717) is 53.9 Å². The van der Waals surface area contributed by atoms with Crippen LogP contribution in [0.25, 0.3) is 32.9 Å². The molecule has 3 aliphatic heterocycles.